The van der Waals surface area contributed by atoms with Crippen LogP contribution in [0.25, 0.3) is 16.3 Å². The fourth-order valence-corrected chi connectivity index (χ4v) is 5.15. The minimum absolute atomic E-state index is 0.0199. The summed E-state index contributed by atoms with van der Waals surface area (Å²) in [5, 5.41) is 2.20. The Morgan fingerprint density at radius 1 is 0.677 bits per heavy atom. The number of ketones is 1. The molecule has 2 heterocycles. The predicted octanol–water partition coefficient (Wildman–Crippen LogP) is 5.75. The van der Waals surface area contributed by atoms with E-state index in [2.05, 4.69) is 18.2 Å². The summed E-state index contributed by atoms with van der Waals surface area (Å²) in [5.74, 6) is -0.176. The molecule has 0 aromatic heterocycles. The van der Waals surface area contributed by atoms with Gasteiger partial charge in [0.15, 0.2) is 5.78 Å². The fraction of sp³-hybridized carbons (Fsp3) is 0.0714. The van der Waals surface area contributed by atoms with Crippen LogP contribution in [0.1, 0.15) is 27.9 Å². The summed E-state index contributed by atoms with van der Waals surface area (Å²) < 4.78 is 0. The van der Waals surface area contributed by atoms with Gasteiger partial charge in [-0.3, -0.25) is 14.5 Å². The van der Waals surface area contributed by atoms with Crippen LogP contribution in [0.3, 0.4) is 0 Å². The average molecular weight is 401 g/mol. The minimum atomic E-state index is -1.07. The Bertz CT molecular complexity index is 1400. The number of Topliss-reactive ketones (excluding diaryl/α,β-unsaturated/α-hetero) is 1. The van der Waals surface area contributed by atoms with Crippen molar-refractivity contribution in [2.24, 2.45) is 0 Å². The molecule has 0 aliphatic carbocycles. The highest BCUT2D eigenvalue weighted by Gasteiger charge is 2.56. The summed E-state index contributed by atoms with van der Waals surface area (Å²) in [6.07, 6.45) is 2.14. The SMILES string of the molecule is O=C1C=C(c2cccc3ccccc23)C[C@]2(c3ccccc3)C(=O)c3ccccc3N12. The molecule has 3 nitrogen and oxygen atoms in total. The molecule has 0 saturated carbocycles. The number of hydrogen-bond acceptors (Lipinski definition) is 2. The zero-order valence-electron chi connectivity index (χ0n) is 16.8. The third-order valence-electron chi connectivity index (χ3n) is 6.50. The van der Waals surface area contributed by atoms with E-state index in [1.54, 1.807) is 11.0 Å². The Labute approximate surface area is 180 Å². The number of anilines is 1. The molecule has 4 aromatic carbocycles. The molecule has 3 heteroatoms. The smallest absolute Gasteiger partial charge is 0.252 e. The van der Waals surface area contributed by atoms with E-state index in [0.717, 1.165) is 27.5 Å². The minimum Gasteiger partial charge on any atom is -0.291 e. The largest absolute Gasteiger partial charge is 0.291 e. The Hall–Kier alpha value is -3.98. The van der Waals surface area contributed by atoms with Crippen molar-refractivity contribution in [2.45, 2.75) is 12.0 Å². The zero-order valence-corrected chi connectivity index (χ0v) is 16.8. The molecule has 6 rings (SSSR count). The third-order valence-corrected chi connectivity index (χ3v) is 6.50. The summed E-state index contributed by atoms with van der Waals surface area (Å²) >= 11 is 0. The van der Waals surface area contributed by atoms with Crippen molar-refractivity contribution < 1.29 is 9.59 Å². The van der Waals surface area contributed by atoms with E-state index in [9.17, 15) is 9.59 Å². The van der Waals surface area contributed by atoms with E-state index < -0.39 is 5.54 Å². The van der Waals surface area contributed by atoms with Gasteiger partial charge in [0.1, 0.15) is 5.54 Å². The van der Waals surface area contributed by atoms with Crippen molar-refractivity contribution in [1.29, 1.82) is 0 Å². The standard InChI is InChI=1S/C28H19NO2/c30-26-17-20(23-15-8-10-19-9-4-5-13-22(19)23)18-28(21-11-2-1-3-12-21)27(31)24-14-6-7-16-25(24)29(26)28/h1-17H,18H2/t28-/m0/s1. The average Bonchev–Trinajstić information content (AvgIpc) is 3.09. The lowest BCUT2D eigenvalue weighted by atomic mass is 9.75. The summed E-state index contributed by atoms with van der Waals surface area (Å²) in [6.45, 7) is 0. The molecule has 1 atom stereocenters. The molecule has 2 aliphatic rings. The Balaban J connectivity index is 1.62. The highest BCUT2D eigenvalue weighted by molar-refractivity contribution is 6.26. The van der Waals surface area contributed by atoms with Crippen LogP contribution >= 0.6 is 0 Å². The van der Waals surface area contributed by atoms with Crippen molar-refractivity contribution in [3.8, 4) is 0 Å². The third kappa shape index (κ3) is 2.40. The number of hydrogen-bond donors (Lipinski definition) is 0. The molecule has 31 heavy (non-hydrogen) atoms. The highest BCUT2D eigenvalue weighted by atomic mass is 16.2. The molecule has 0 radical (unpaired) electrons. The van der Waals surface area contributed by atoms with Gasteiger partial charge in [0.25, 0.3) is 5.91 Å². The second-order valence-corrected chi connectivity index (χ2v) is 8.12. The Kier molecular flexibility index (Phi) is 3.75. The van der Waals surface area contributed by atoms with E-state index in [4.69, 9.17) is 0 Å². The number of para-hydroxylation sites is 1. The van der Waals surface area contributed by atoms with E-state index in [1.165, 1.54) is 0 Å². The number of amides is 1. The topological polar surface area (TPSA) is 37.4 Å². The number of fused-ring (bicyclic) bond motifs is 4. The van der Waals surface area contributed by atoms with Gasteiger partial charge in [-0.2, -0.15) is 0 Å². The molecular weight excluding hydrogens is 382 g/mol. The van der Waals surface area contributed by atoms with Crippen LogP contribution in [0.5, 0.6) is 0 Å². The summed E-state index contributed by atoms with van der Waals surface area (Å²) in [6, 6.07) is 31.4. The Morgan fingerprint density at radius 3 is 2.23 bits per heavy atom. The van der Waals surface area contributed by atoms with E-state index >= 15 is 0 Å². The lowest BCUT2D eigenvalue weighted by Crippen LogP contribution is -2.52. The highest BCUT2D eigenvalue weighted by Crippen LogP contribution is 2.52. The number of nitrogens with zero attached hydrogens (tertiary/aromatic N) is 1. The van der Waals surface area contributed by atoms with Gasteiger partial charge in [-0.15, -0.1) is 0 Å². The van der Waals surface area contributed by atoms with Crippen molar-refractivity contribution in [1.82, 2.24) is 0 Å². The molecule has 0 saturated heterocycles. The van der Waals surface area contributed by atoms with Crippen molar-refractivity contribution in [2.75, 3.05) is 4.90 Å². The lowest BCUT2D eigenvalue weighted by molar-refractivity contribution is -0.115. The molecule has 148 valence electrons. The van der Waals surface area contributed by atoms with Gasteiger partial charge in [-0.05, 0) is 39.6 Å². The first kappa shape index (κ1) is 17.8. The van der Waals surface area contributed by atoms with E-state index in [-0.39, 0.29) is 11.7 Å². The maximum atomic E-state index is 13.9. The van der Waals surface area contributed by atoms with Crippen LogP contribution < -0.4 is 4.90 Å². The molecule has 0 spiro atoms. The van der Waals surface area contributed by atoms with Crippen molar-refractivity contribution in [3.63, 3.8) is 0 Å². The van der Waals surface area contributed by atoms with E-state index in [0.29, 0.717) is 17.7 Å². The van der Waals surface area contributed by atoms with Gasteiger partial charge >= 0.3 is 0 Å². The number of carbonyl (C=O) groups excluding carboxylic acids is 2. The molecule has 0 N–H and O–H groups in total. The fourth-order valence-electron chi connectivity index (χ4n) is 5.15. The molecule has 1 amide bonds. The predicted molar refractivity (Wildman–Crippen MR) is 123 cm³/mol. The van der Waals surface area contributed by atoms with E-state index in [1.807, 2.05) is 78.9 Å². The van der Waals surface area contributed by atoms with Gasteiger partial charge in [0, 0.05) is 18.1 Å². The molecular formula is C28H19NO2. The second-order valence-electron chi connectivity index (χ2n) is 8.12. The first-order valence-electron chi connectivity index (χ1n) is 10.4. The van der Waals surface area contributed by atoms with Crippen LogP contribution in [0, 0.1) is 0 Å². The molecule has 0 fully saturated rings. The Morgan fingerprint density at radius 2 is 1.35 bits per heavy atom. The first-order valence-corrected chi connectivity index (χ1v) is 10.4. The van der Waals surface area contributed by atoms with Gasteiger partial charge in [0.05, 0.1) is 5.69 Å². The van der Waals surface area contributed by atoms with Gasteiger partial charge in [-0.25, -0.2) is 0 Å². The molecule has 4 aromatic rings. The van der Waals surface area contributed by atoms with Crippen molar-refractivity contribution in [3.05, 3.63) is 120 Å². The number of rotatable bonds is 2. The number of carbonyl (C=O) groups is 2. The van der Waals surface area contributed by atoms with Crippen LogP contribution in [0.2, 0.25) is 0 Å². The summed E-state index contributed by atoms with van der Waals surface area (Å²) in [5.41, 5.74) is 2.97. The van der Waals surface area contributed by atoms with Crippen LogP contribution in [0.4, 0.5) is 5.69 Å². The summed E-state index contributed by atoms with van der Waals surface area (Å²) in [4.78, 5) is 29.2. The van der Waals surface area contributed by atoms with Gasteiger partial charge < -0.3 is 0 Å². The molecule has 0 unspecified atom stereocenters. The van der Waals surface area contributed by atoms with Crippen LogP contribution in [-0.2, 0) is 10.3 Å². The van der Waals surface area contributed by atoms with Gasteiger partial charge in [-0.1, -0.05) is 84.9 Å². The second kappa shape index (κ2) is 6.51. The molecule has 2 aliphatic heterocycles. The quantitative estimate of drug-likeness (QED) is 0.429. The van der Waals surface area contributed by atoms with Crippen LogP contribution in [-0.4, -0.2) is 11.7 Å². The normalized spacial score (nSPS) is 19.9. The first-order chi connectivity index (χ1) is 15.2. The maximum Gasteiger partial charge on any atom is 0.252 e. The number of benzene rings is 4. The zero-order chi connectivity index (χ0) is 21.0. The monoisotopic (exact) mass is 401 g/mol. The maximum absolute atomic E-state index is 13.9. The molecule has 0 bridgehead atoms. The van der Waals surface area contributed by atoms with Crippen LogP contribution in [0.15, 0.2) is 103 Å². The summed E-state index contributed by atoms with van der Waals surface area (Å²) in [7, 11) is 0. The van der Waals surface area contributed by atoms with Crippen molar-refractivity contribution >= 4 is 33.7 Å². The van der Waals surface area contributed by atoms with Gasteiger partial charge in [0.2, 0.25) is 0 Å². The lowest BCUT2D eigenvalue weighted by Gasteiger charge is -2.41.